The van der Waals surface area contributed by atoms with Gasteiger partial charge in [-0.2, -0.15) is 11.1 Å². The predicted octanol–water partition coefficient (Wildman–Crippen LogP) is -3.09. The number of aryl methyl sites for hydroxylation is 3. The zero-order valence-electron chi connectivity index (χ0n) is 29.6. The van der Waals surface area contributed by atoms with Gasteiger partial charge in [0.25, 0.3) is 0 Å². The molecule has 11 heteroatoms. The third-order valence-electron chi connectivity index (χ3n) is 8.20. The van der Waals surface area contributed by atoms with Crippen LogP contribution in [0, 0.1) is 32.8 Å². The molecule has 1 aliphatic rings. The van der Waals surface area contributed by atoms with E-state index in [1.165, 1.54) is 16.7 Å². The molecule has 6 nitrogen and oxygen atoms in total. The van der Waals surface area contributed by atoms with Gasteiger partial charge in [-0.25, -0.2) is 5.57 Å². The Morgan fingerprint density at radius 3 is 0.936 bits per heavy atom. The van der Waals surface area contributed by atoms with E-state index in [4.69, 9.17) is 28.4 Å². The van der Waals surface area contributed by atoms with Gasteiger partial charge in [-0.3, -0.25) is 6.08 Å². The molecule has 3 aromatic carbocycles. The Kier molecular flexibility index (Phi) is 20.9. The normalized spacial score (nSPS) is 13.0. The minimum atomic E-state index is -1.68. The fourth-order valence-electron chi connectivity index (χ4n) is 5.36. The summed E-state index contributed by atoms with van der Waals surface area (Å²) < 4.78 is 34.3. The van der Waals surface area contributed by atoms with Crippen molar-refractivity contribution in [3.05, 3.63) is 75.9 Å². The second kappa shape index (κ2) is 21.0. The zero-order valence-corrected chi connectivity index (χ0v) is 34.5. The number of rotatable bonds is 9. The van der Waals surface area contributed by atoms with Crippen LogP contribution in [0.4, 0.5) is 0 Å². The van der Waals surface area contributed by atoms with Crippen molar-refractivity contribution >= 4 is 24.4 Å². The summed E-state index contributed by atoms with van der Waals surface area (Å²) in [5.74, 6) is 5.14. The number of benzene rings is 3. The first kappa shape index (κ1) is 46.9. The first-order chi connectivity index (χ1) is 20.4. The number of allylic oxidation sites excluding steroid dienone is 4. The third-order valence-corrected chi connectivity index (χ3v) is 11.0. The molecule has 0 bridgehead atoms. The Balaban J connectivity index is 0. The van der Waals surface area contributed by atoms with Crippen LogP contribution in [0.15, 0.2) is 53.1 Å². The van der Waals surface area contributed by atoms with E-state index in [0.29, 0.717) is 5.92 Å². The van der Waals surface area contributed by atoms with Gasteiger partial charge in [-0.05, 0) is 53.0 Å². The Morgan fingerprint density at radius 2 is 0.766 bits per heavy atom. The van der Waals surface area contributed by atoms with Gasteiger partial charge in [0.15, 0.2) is 8.80 Å². The van der Waals surface area contributed by atoms with Crippen LogP contribution in [-0.2, 0) is 21.7 Å². The topological polar surface area (TPSA) is 55.4 Å². The fraction of sp³-hybridized carbons (Fsp3) is 0.389. The summed E-state index contributed by atoms with van der Waals surface area (Å²) in [5, 5.41) is 3.20. The summed E-state index contributed by atoms with van der Waals surface area (Å²) in [7, 11) is 8.35. The van der Waals surface area contributed by atoms with Crippen LogP contribution in [-0.4, -0.2) is 51.5 Å². The first-order valence-electron chi connectivity index (χ1n) is 14.3. The van der Waals surface area contributed by atoms with Gasteiger partial charge >= 0.3 is 21.7 Å². The third kappa shape index (κ3) is 10.4. The molecule has 0 saturated heterocycles. The Labute approximate surface area is 317 Å². The number of methoxy groups -OCH3 is 6. The molecule has 0 aromatic heterocycles. The predicted molar refractivity (Wildman–Crippen MR) is 177 cm³/mol. The van der Waals surface area contributed by atoms with Crippen LogP contribution in [0.25, 0.3) is 0 Å². The molecule has 0 saturated carbocycles. The number of halogens is 3. The number of hydrogen-bond acceptors (Lipinski definition) is 6. The molecule has 1 radical (unpaired) electrons. The van der Waals surface area contributed by atoms with Gasteiger partial charge in [0.2, 0.25) is 0 Å². The maximum Gasteiger partial charge on any atom is 4.00 e. The standard InChI is InChI=1S/C27H33O6Si.C9H13.3ClH.Ti/c1-16-10-25(22(31-7)13-19(16)28-4)34(26-11-17(2)20(29-5)14-23(26)32-8)27-12-18(3)21(30-6)15-24(27)33-9;1-6-5-7(2)9(4)8(6)3;;;;/h10-15H,1-9H3;6H,1-4H3;3*1H;/q;-1;;;;+4/p-3. The molecule has 0 fully saturated rings. The first-order valence-corrected chi connectivity index (χ1v) is 15.8. The molecule has 255 valence electrons. The van der Waals surface area contributed by atoms with Crippen LogP contribution >= 0.6 is 0 Å². The van der Waals surface area contributed by atoms with Crippen LogP contribution in [0.1, 0.15) is 44.4 Å². The molecule has 1 atom stereocenters. The van der Waals surface area contributed by atoms with E-state index in [1.54, 1.807) is 42.7 Å². The van der Waals surface area contributed by atoms with Crippen molar-refractivity contribution in [3.63, 3.8) is 0 Å². The summed E-state index contributed by atoms with van der Waals surface area (Å²) in [6, 6.07) is 12.3. The van der Waals surface area contributed by atoms with Crippen molar-refractivity contribution in [1.82, 2.24) is 0 Å². The number of ether oxygens (including phenoxy) is 6. The van der Waals surface area contributed by atoms with E-state index in [0.717, 1.165) is 66.7 Å². The van der Waals surface area contributed by atoms with E-state index >= 15 is 0 Å². The molecule has 0 spiro atoms. The molecular formula is C36H46Cl3O6SiTi. The fourth-order valence-corrected chi connectivity index (χ4v) is 8.57. The van der Waals surface area contributed by atoms with Crippen molar-refractivity contribution in [2.75, 3.05) is 42.7 Å². The van der Waals surface area contributed by atoms with E-state index < -0.39 is 8.80 Å². The molecule has 1 unspecified atom stereocenters. The maximum atomic E-state index is 5.88. The zero-order chi connectivity index (χ0) is 32.0. The molecule has 0 N–H and O–H groups in total. The van der Waals surface area contributed by atoms with Crippen LogP contribution < -0.4 is 81.2 Å². The molecule has 0 heterocycles. The smallest absolute Gasteiger partial charge is 1.00 e. The van der Waals surface area contributed by atoms with Crippen LogP contribution in [0.5, 0.6) is 34.5 Å². The summed E-state index contributed by atoms with van der Waals surface area (Å²) in [5.41, 5.74) is 7.31. The molecule has 1 aliphatic carbocycles. The maximum absolute atomic E-state index is 5.88. The van der Waals surface area contributed by atoms with Gasteiger partial charge in [-0.1, -0.05) is 44.9 Å². The molecule has 3 aromatic rings. The Morgan fingerprint density at radius 1 is 0.489 bits per heavy atom. The molecule has 4 rings (SSSR count). The molecule has 0 amide bonds. The average molecular weight is 757 g/mol. The van der Waals surface area contributed by atoms with Gasteiger partial charge in [0.1, 0.15) is 34.5 Å². The van der Waals surface area contributed by atoms with Crippen molar-refractivity contribution < 1.29 is 87.4 Å². The summed E-state index contributed by atoms with van der Waals surface area (Å²) in [6.07, 6.45) is 3.36. The van der Waals surface area contributed by atoms with Gasteiger partial charge < -0.3 is 65.6 Å². The molecule has 47 heavy (non-hydrogen) atoms. The average Bonchev–Trinajstić information content (AvgIpc) is 3.22. The minimum absolute atomic E-state index is 0. The van der Waals surface area contributed by atoms with Crippen molar-refractivity contribution in [3.8, 4) is 34.5 Å². The van der Waals surface area contributed by atoms with E-state index in [9.17, 15) is 0 Å². The van der Waals surface area contributed by atoms with Crippen LogP contribution in [0.3, 0.4) is 0 Å². The van der Waals surface area contributed by atoms with E-state index in [2.05, 4.69) is 52.0 Å². The monoisotopic (exact) mass is 755 g/mol. The molecule has 0 aliphatic heterocycles. The molecular weight excluding hydrogens is 711 g/mol. The summed E-state index contributed by atoms with van der Waals surface area (Å²) >= 11 is 0. The number of hydrogen-bond donors (Lipinski definition) is 0. The van der Waals surface area contributed by atoms with Crippen molar-refractivity contribution in [2.24, 2.45) is 5.92 Å². The van der Waals surface area contributed by atoms with Crippen molar-refractivity contribution in [2.45, 2.75) is 48.5 Å². The van der Waals surface area contributed by atoms with Gasteiger partial charge in [0, 0.05) is 18.2 Å². The largest absolute Gasteiger partial charge is 4.00 e. The SMILES string of the molecule is CC1=[C-]C(C)C(C)=C1C.COc1cc(OC)c([Si](c2cc(C)c(OC)cc2OC)c2cc(C)c(OC)cc2OC)cc1C.[Cl-].[Cl-].[Cl-].[Ti+4]. The summed E-state index contributed by atoms with van der Waals surface area (Å²) in [6.45, 7) is 14.8. The van der Waals surface area contributed by atoms with E-state index in [1.807, 2.05) is 39.0 Å². The van der Waals surface area contributed by atoms with Crippen LogP contribution in [0.2, 0.25) is 0 Å². The second-order valence-electron chi connectivity index (χ2n) is 10.7. The Bertz CT molecular complexity index is 1400. The minimum Gasteiger partial charge on any atom is -1.00 e. The van der Waals surface area contributed by atoms with Gasteiger partial charge in [-0.15, -0.1) is 6.92 Å². The Hall–Kier alpha value is -2.26. The van der Waals surface area contributed by atoms with Gasteiger partial charge in [0.05, 0.1) is 42.7 Å². The van der Waals surface area contributed by atoms with E-state index in [-0.39, 0.29) is 58.9 Å². The summed E-state index contributed by atoms with van der Waals surface area (Å²) in [4.78, 5) is 0. The second-order valence-corrected chi connectivity index (χ2v) is 13.1. The quantitative estimate of drug-likeness (QED) is 0.131. The van der Waals surface area contributed by atoms with Crippen molar-refractivity contribution in [1.29, 1.82) is 0 Å².